The van der Waals surface area contributed by atoms with Gasteiger partial charge in [0.15, 0.2) is 0 Å². The van der Waals surface area contributed by atoms with E-state index >= 15 is 0 Å². The van der Waals surface area contributed by atoms with Crippen molar-refractivity contribution in [3.05, 3.63) is 72.6 Å². The Bertz CT molecular complexity index is 1080. The van der Waals surface area contributed by atoms with Crippen molar-refractivity contribution in [2.75, 3.05) is 19.6 Å². The second kappa shape index (κ2) is 9.10. The number of fused-ring (bicyclic) bond motifs is 2. The molecule has 1 aromatic heterocycles. The lowest BCUT2D eigenvalue weighted by Gasteiger charge is -2.18. The normalized spacial score (nSPS) is 11.6. The molecule has 1 heterocycles. The van der Waals surface area contributed by atoms with E-state index in [9.17, 15) is 0 Å². The molecule has 4 aromatic rings. The highest BCUT2D eigenvalue weighted by Crippen LogP contribution is 2.23. The van der Waals surface area contributed by atoms with Gasteiger partial charge in [-0.2, -0.15) is 0 Å². The molecule has 0 aliphatic rings. The third-order valence-electron chi connectivity index (χ3n) is 5.57. The Hall–Kier alpha value is -2.85. The Morgan fingerprint density at radius 2 is 1.66 bits per heavy atom. The van der Waals surface area contributed by atoms with Gasteiger partial charge in [-0.1, -0.05) is 56.3 Å². The van der Waals surface area contributed by atoms with Gasteiger partial charge in [-0.25, -0.2) is 4.98 Å². The van der Waals surface area contributed by atoms with E-state index in [1.807, 2.05) is 12.1 Å². The summed E-state index contributed by atoms with van der Waals surface area (Å²) in [5, 5.41) is 2.42. The van der Waals surface area contributed by atoms with Crippen molar-refractivity contribution in [1.82, 2.24) is 14.5 Å². The summed E-state index contributed by atoms with van der Waals surface area (Å²) in [4.78, 5) is 7.32. The van der Waals surface area contributed by atoms with Crippen LogP contribution in [-0.4, -0.2) is 34.1 Å². The van der Waals surface area contributed by atoms with E-state index in [0.29, 0.717) is 6.61 Å². The van der Waals surface area contributed by atoms with Crippen LogP contribution in [0.25, 0.3) is 21.8 Å². The third-order valence-corrected chi connectivity index (χ3v) is 5.57. The highest BCUT2D eigenvalue weighted by molar-refractivity contribution is 5.83. The zero-order chi connectivity index (χ0) is 20.1. The predicted octanol–water partition coefficient (Wildman–Crippen LogP) is 5.50. The maximum absolute atomic E-state index is 6.15. The molecule has 150 valence electrons. The van der Waals surface area contributed by atoms with Crippen LogP contribution in [0, 0.1) is 0 Å². The second-order valence-corrected chi connectivity index (χ2v) is 7.35. The van der Waals surface area contributed by atoms with E-state index in [4.69, 9.17) is 9.72 Å². The van der Waals surface area contributed by atoms with Crippen molar-refractivity contribution < 1.29 is 4.74 Å². The monoisotopic (exact) mass is 387 g/mol. The van der Waals surface area contributed by atoms with Crippen molar-refractivity contribution in [2.24, 2.45) is 0 Å². The molecule has 0 fully saturated rings. The van der Waals surface area contributed by atoms with Gasteiger partial charge in [0, 0.05) is 6.54 Å². The van der Waals surface area contributed by atoms with Crippen molar-refractivity contribution in [2.45, 2.75) is 33.4 Å². The van der Waals surface area contributed by atoms with Gasteiger partial charge in [0.1, 0.15) is 18.2 Å². The van der Waals surface area contributed by atoms with E-state index in [1.165, 1.54) is 16.3 Å². The minimum absolute atomic E-state index is 0.471. The number of para-hydroxylation sites is 2. The fourth-order valence-electron chi connectivity index (χ4n) is 3.88. The van der Waals surface area contributed by atoms with E-state index < -0.39 is 0 Å². The summed E-state index contributed by atoms with van der Waals surface area (Å²) in [5.41, 5.74) is 2.22. The Morgan fingerprint density at radius 3 is 2.48 bits per heavy atom. The summed E-state index contributed by atoms with van der Waals surface area (Å²) in [7, 11) is 0. The van der Waals surface area contributed by atoms with Crippen molar-refractivity contribution in [3.63, 3.8) is 0 Å². The number of aryl methyl sites for hydroxylation is 1. The molecule has 0 saturated carbocycles. The predicted molar refractivity (Wildman–Crippen MR) is 120 cm³/mol. The molecule has 3 aromatic carbocycles. The summed E-state index contributed by atoms with van der Waals surface area (Å²) in [6.45, 7) is 9.16. The minimum atomic E-state index is 0.471. The quantitative estimate of drug-likeness (QED) is 0.380. The zero-order valence-corrected chi connectivity index (χ0v) is 17.3. The number of rotatable bonds is 9. The number of aromatic nitrogens is 2. The van der Waals surface area contributed by atoms with E-state index in [-0.39, 0.29) is 0 Å². The second-order valence-electron chi connectivity index (χ2n) is 7.35. The molecular formula is C25H29N3O. The molecule has 0 aliphatic heterocycles. The van der Waals surface area contributed by atoms with E-state index in [2.05, 4.69) is 77.9 Å². The summed E-state index contributed by atoms with van der Waals surface area (Å²) in [5.74, 6) is 1.87. The highest BCUT2D eigenvalue weighted by Gasteiger charge is 2.11. The van der Waals surface area contributed by atoms with E-state index in [0.717, 1.165) is 49.7 Å². The van der Waals surface area contributed by atoms with Gasteiger partial charge in [-0.15, -0.1) is 0 Å². The van der Waals surface area contributed by atoms with Crippen LogP contribution in [0.1, 0.15) is 26.1 Å². The van der Waals surface area contributed by atoms with Crippen LogP contribution in [-0.2, 0) is 13.2 Å². The van der Waals surface area contributed by atoms with Gasteiger partial charge < -0.3 is 14.2 Å². The summed E-state index contributed by atoms with van der Waals surface area (Å²) >= 11 is 0. The SMILES string of the molecule is CCN(CC)CCCn1c(COc2ccc3ccccc3c2)nc2ccccc21. The van der Waals surface area contributed by atoms with Gasteiger partial charge >= 0.3 is 0 Å². The van der Waals surface area contributed by atoms with Crippen LogP contribution in [0.5, 0.6) is 5.75 Å². The molecule has 0 radical (unpaired) electrons. The molecule has 0 spiro atoms. The van der Waals surface area contributed by atoms with Gasteiger partial charge in [-0.05, 0) is 61.1 Å². The average molecular weight is 388 g/mol. The molecule has 0 saturated heterocycles. The van der Waals surface area contributed by atoms with Crippen LogP contribution < -0.4 is 4.74 Å². The molecule has 4 heteroatoms. The molecule has 4 rings (SSSR count). The fourth-order valence-corrected chi connectivity index (χ4v) is 3.88. The van der Waals surface area contributed by atoms with Gasteiger partial charge in [0.05, 0.1) is 11.0 Å². The molecule has 29 heavy (non-hydrogen) atoms. The first-order valence-electron chi connectivity index (χ1n) is 10.6. The topological polar surface area (TPSA) is 30.3 Å². The van der Waals surface area contributed by atoms with Gasteiger partial charge in [-0.3, -0.25) is 0 Å². The third kappa shape index (κ3) is 4.43. The highest BCUT2D eigenvalue weighted by atomic mass is 16.5. The van der Waals surface area contributed by atoms with Crippen LogP contribution in [0.4, 0.5) is 0 Å². The van der Waals surface area contributed by atoms with Crippen LogP contribution in [0.15, 0.2) is 66.7 Å². The molecule has 0 aliphatic carbocycles. The largest absolute Gasteiger partial charge is 0.486 e. The number of hydrogen-bond donors (Lipinski definition) is 0. The maximum atomic E-state index is 6.15. The first-order chi connectivity index (χ1) is 14.3. The fraction of sp³-hybridized carbons (Fsp3) is 0.320. The molecule has 0 unspecified atom stereocenters. The summed E-state index contributed by atoms with van der Waals surface area (Å²) in [6.07, 6.45) is 1.10. The standard InChI is InChI=1S/C25H29N3O/c1-3-27(4-2)16-9-17-28-24-13-8-7-12-23(24)26-25(28)19-29-22-15-14-20-10-5-6-11-21(20)18-22/h5-8,10-15,18H,3-4,9,16-17,19H2,1-2H3. The van der Waals surface area contributed by atoms with Gasteiger partial charge in [0.2, 0.25) is 0 Å². The van der Waals surface area contributed by atoms with Crippen LogP contribution in [0.3, 0.4) is 0 Å². The van der Waals surface area contributed by atoms with E-state index in [1.54, 1.807) is 0 Å². The first kappa shape index (κ1) is 19.5. The number of nitrogens with zero attached hydrogens (tertiary/aromatic N) is 3. The van der Waals surface area contributed by atoms with Crippen molar-refractivity contribution in [3.8, 4) is 5.75 Å². The number of ether oxygens (including phenoxy) is 1. The van der Waals surface area contributed by atoms with Crippen molar-refractivity contribution >= 4 is 21.8 Å². The Labute approximate surface area is 172 Å². The van der Waals surface area contributed by atoms with Crippen LogP contribution >= 0.6 is 0 Å². The maximum Gasteiger partial charge on any atom is 0.147 e. The molecule has 0 atom stereocenters. The molecule has 0 N–H and O–H groups in total. The molecule has 4 nitrogen and oxygen atoms in total. The van der Waals surface area contributed by atoms with Gasteiger partial charge in [0.25, 0.3) is 0 Å². The Morgan fingerprint density at radius 1 is 0.897 bits per heavy atom. The smallest absolute Gasteiger partial charge is 0.147 e. The number of imidazole rings is 1. The molecular weight excluding hydrogens is 358 g/mol. The minimum Gasteiger partial charge on any atom is -0.486 e. The summed E-state index contributed by atoms with van der Waals surface area (Å²) < 4.78 is 8.47. The average Bonchev–Trinajstić information content (AvgIpc) is 3.12. The lowest BCUT2D eigenvalue weighted by Crippen LogP contribution is -2.25. The lowest BCUT2D eigenvalue weighted by atomic mass is 10.1. The first-order valence-corrected chi connectivity index (χ1v) is 10.6. The van der Waals surface area contributed by atoms with Crippen LogP contribution in [0.2, 0.25) is 0 Å². The number of benzene rings is 3. The number of hydrogen-bond acceptors (Lipinski definition) is 3. The summed E-state index contributed by atoms with van der Waals surface area (Å²) in [6, 6.07) is 23.0. The van der Waals surface area contributed by atoms with Crippen molar-refractivity contribution in [1.29, 1.82) is 0 Å². The lowest BCUT2D eigenvalue weighted by molar-refractivity contribution is 0.279. The molecule has 0 amide bonds. The Balaban J connectivity index is 1.52. The zero-order valence-electron chi connectivity index (χ0n) is 17.3. The molecule has 0 bridgehead atoms. The Kier molecular flexibility index (Phi) is 6.11.